The van der Waals surface area contributed by atoms with Gasteiger partial charge < -0.3 is 40.3 Å². The third-order valence-corrected chi connectivity index (χ3v) is 14.9. The van der Waals surface area contributed by atoms with Crippen LogP contribution in [0.5, 0.6) is 0 Å². The fourth-order valence-corrected chi connectivity index (χ4v) is 10.0. The van der Waals surface area contributed by atoms with Crippen molar-refractivity contribution >= 4 is 5.91 Å². The standard InChI is InChI=1S/C60H117NO8/c1-3-5-7-9-11-13-15-17-19-21-23-24-25-26-27-28-29-30-32-33-35-37-39-41-43-45-47-49-54(63)53(52-68-60-59(67)58(66)57(65)55(51-62)69-60)61-56(64)50-48-46-44-42-40-38-36-34-31-22-20-18-16-14-12-10-8-6-4-2/h18,20,53-55,57-60,62-63,65-67H,3-17,19,21-52H2,1-2H3,(H,61,64)/b20-18-. The molecule has 0 aliphatic carbocycles. The van der Waals surface area contributed by atoms with Gasteiger partial charge in [-0.3, -0.25) is 4.79 Å². The number of aliphatic hydroxyl groups is 5. The first-order valence-corrected chi connectivity index (χ1v) is 30.4. The summed E-state index contributed by atoms with van der Waals surface area (Å²) in [4.78, 5) is 13.1. The number of unbranched alkanes of at least 4 members (excludes halogenated alkanes) is 41. The molecule has 1 aliphatic heterocycles. The molecule has 410 valence electrons. The molecule has 0 aromatic rings. The largest absolute Gasteiger partial charge is 0.394 e. The molecule has 6 N–H and O–H groups in total. The summed E-state index contributed by atoms with van der Waals surface area (Å²) in [5, 5.41) is 54.7. The number of hydrogen-bond donors (Lipinski definition) is 6. The first kappa shape index (κ1) is 65.9. The smallest absolute Gasteiger partial charge is 0.220 e. The molecule has 1 saturated heterocycles. The molecule has 7 atom stereocenters. The fraction of sp³-hybridized carbons (Fsp3) is 0.950. The summed E-state index contributed by atoms with van der Waals surface area (Å²) in [6.45, 7) is 3.88. The molecule has 7 unspecified atom stereocenters. The van der Waals surface area contributed by atoms with Gasteiger partial charge in [0.25, 0.3) is 0 Å². The van der Waals surface area contributed by atoms with Crippen LogP contribution in [0.1, 0.15) is 309 Å². The van der Waals surface area contributed by atoms with Crippen LogP contribution in [-0.2, 0) is 14.3 Å². The Kier molecular flexibility index (Phi) is 48.2. The second kappa shape index (κ2) is 50.5. The normalized spacial score (nSPS) is 19.4. The van der Waals surface area contributed by atoms with Crippen LogP contribution in [0, 0.1) is 0 Å². The lowest BCUT2D eigenvalue weighted by molar-refractivity contribution is -0.302. The minimum Gasteiger partial charge on any atom is -0.394 e. The molecule has 1 heterocycles. The molecule has 0 spiro atoms. The topological polar surface area (TPSA) is 149 Å². The average Bonchev–Trinajstić information content (AvgIpc) is 3.35. The fourth-order valence-electron chi connectivity index (χ4n) is 10.0. The van der Waals surface area contributed by atoms with Gasteiger partial charge in [-0.1, -0.05) is 276 Å². The molecule has 69 heavy (non-hydrogen) atoms. The van der Waals surface area contributed by atoms with Crippen molar-refractivity contribution in [2.45, 2.75) is 352 Å². The van der Waals surface area contributed by atoms with Crippen LogP contribution in [0.15, 0.2) is 12.2 Å². The summed E-state index contributed by atoms with van der Waals surface area (Å²) < 4.78 is 11.3. The second-order valence-electron chi connectivity index (χ2n) is 21.5. The number of rotatable bonds is 53. The van der Waals surface area contributed by atoms with E-state index in [1.54, 1.807) is 0 Å². The zero-order valence-corrected chi connectivity index (χ0v) is 45.6. The van der Waals surface area contributed by atoms with E-state index in [1.165, 1.54) is 244 Å². The van der Waals surface area contributed by atoms with E-state index < -0.39 is 49.5 Å². The van der Waals surface area contributed by atoms with E-state index >= 15 is 0 Å². The maximum atomic E-state index is 13.1. The lowest BCUT2D eigenvalue weighted by atomic mass is 9.99. The number of nitrogens with one attached hydrogen (secondary N) is 1. The number of hydrogen-bond acceptors (Lipinski definition) is 8. The number of aliphatic hydroxyl groups excluding tert-OH is 5. The highest BCUT2D eigenvalue weighted by Gasteiger charge is 2.44. The molecular formula is C60H117NO8. The first-order chi connectivity index (χ1) is 33.8. The summed E-state index contributed by atoms with van der Waals surface area (Å²) in [5.41, 5.74) is 0. The SMILES string of the molecule is CCCCCCCC/C=C\CCCCCCCCCCCC(=O)NC(COC1OC(CO)C(O)C(O)C1O)C(O)CCCCCCCCCCCCCCCCCCCCCCCCCCCCC. The zero-order chi connectivity index (χ0) is 50.1. The van der Waals surface area contributed by atoms with Gasteiger partial charge in [0.15, 0.2) is 6.29 Å². The Morgan fingerprint density at radius 2 is 0.812 bits per heavy atom. The number of carbonyl (C=O) groups is 1. The Hall–Kier alpha value is -1.07. The summed E-state index contributed by atoms with van der Waals surface area (Å²) in [6.07, 6.45) is 55.3. The van der Waals surface area contributed by atoms with Crippen molar-refractivity contribution in [3.8, 4) is 0 Å². The van der Waals surface area contributed by atoms with E-state index in [-0.39, 0.29) is 12.5 Å². The second-order valence-corrected chi connectivity index (χ2v) is 21.5. The van der Waals surface area contributed by atoms with Crippen molar-refractivity contribution in [2.75, 3.05) is 13.2 Å². The molecule has 0 saturated carbocycles. The molecule has 0 bridgehead atoms. The van der Waals surface area contributed by atoms with Gasteiger partial charge in [-0.25, -0.2) is 0 Å². The quantitative estimate of drug-likeness (QED) is 0.0261. The maximum Gasteiger partial charge on any atom is 0.220 e. The van der Waals surface area contributed by atoms with Gasteiger partial charge in [0, 0.05) is 6.42 Å². The molecule has 1 rings (SSSR count). The van der Waals surface area contributed by atoms with Gasteiger partial charge in [0.05, 0.1) is 25.4 Å². The van der Waals surface area contributed by atoms with Crippen LogP contribution >= 0.6 is 0 Å². The summed E-state index contributed by atoms with van der Waals surface area (Å²) in [6, 6.07) is -0.718. The van der Waals surface area contributed by atoms with Crippen molar-refractivity contribution < 1.29 is 39.8 Å². The van der Waals surface area contributed by atoms with Gasteiger partial charge in [0.2, 0.25) is 5.91 Å². The predicted octanol–water partition coefficient (Wildman–Crippen LogP) is 15.2. The van der Waals surface area contributed by atoms with E-state index in [0.717, 1.165) is 38.5 Å². The monoisotopic (exact) mass is 980 g/mol. The van der Waals surface area contributed by atoms with Crippen molar-refractivity contribution in [3.05, 3.63) is 12.2 Å². The average molecular weight is 981 g/mol. The van der Waals surface area contributed by atoms with Gasteiger partial charge in [-0.2, -0.15) is 0 Å². The Bertz CT molecular complexity index is 1090. The molecule has 9 heteroatoms. The van der Waals surface area contributed by atoms with E-state index in [9.17, 15) is 30.3 Å². The van der Waals surface area contributed by atoms with Crippen molar-refractivity contribution in [3.63, 3.8) is 0 Å². The van der Waals surface area contributed by atoms with Crippen LogP contribution < -0.4 is 5.32 Å². The minimum atomic E-state index is -1.55. The van der Waals surface area contributed by atoms with Crippen LogP contribution in [0.2, 0.25) is 0 Å². The summed E-state index contributed by atoms with van der Waals surface area (Å²) in [7, 11) is 0. The molecule has 9 nitrogen and oxygen atoms in total. The van der Waals surface area contributed by atoms with Gasteiger partial charge >= 0.3 is 0 Å². The van der Waals surface area contributed by atoms with Crippen LogP contribution in [0.4, 0.5) is 0 Å². The highest BCUT2D eigenvalue weighted by molar-refractivity contribution is 5.76. The van der Waals surface area contributed by atoms with Gasteiger partial charge in [-0.05, 0) is 38.5 Å². The van der Waals surface area contributed by atoms with E-state index in [2.05, 4.69) is 31.3 Å². The van der Waals surface area contributed by atoms with Crippen LogP contribution in [0.3, 0.4) is 0 Å². The van der Waals surface area contributed by atoms with Crippen LogP contribution in [-0.4, -0.2) is 87.5 Å². The number of ether oxygens (including phenoxy) is 2. The molecule has 1 aliphatic rings. The Balaban J connectivity index is 2.16. The molecule has 1 amide bonds. The van der Waals surface area contributed by atoms with Gasteiger partial charge in [-0.15, -0.1) is 0 Å². The molecule has 0 radical (unpaired) electrons. The van der Waals surface area contributed by atoms with E-state index in [0.29, 0.717) is 12.8 Å². The first-order valence-electron chi connectivity index (χ1n) is 30.4. The number of carbonyl (C=O) groups excluding carboxylic acids is 1. The highest BCUT2D eigenvalue weighted by atomic mass is 16.7. The van der Waals surface area contributed by atoms with Gasteiger partial charge in [0.1, 0.15) is 24.4 Å². The predicted molar refractivity (Wildman–Crippen MR) is 291 cm³/mol. The molecule has 1 fully saturated rings. The minimum absolute atomic E-state index is 0.134. The van der Waals surface area contributed by atoms with E-state index in [1.807, 2.05) is 0 Å². The third kappa shape index (κ3) is 40.1. The Labute approximate surface area is 426 Å². The third-order valence-electron chi connectivity index (χ3n) is 14.9. The van der Waals surface area contributed by atoms with Crippen molar-refractivity contribution in [2.24, 2.45) is 0 Å². The lowest BCUT2D eigenvalue weighted by Crippen LogP contribution is -2.60. The molecule has 0 aromatic carbocycles. The Morgan fingerprint density at radius 3 is 1.17 bits per heavy atom. The van der Waals surface area contributed by atoms with E-state index in [4.69, 9.17) is 9.47 Å². The zero-order valence-electron chi connectivity index (χ0n) is 45.6. The van der Waals surface area contributed by atoms with Crippen LogP contribution in [0.25, 0.3) is 0 Å². The Morgan fingerprint density at radius 1 is 0.478 bits per heavy atom. The van der Waals surface area contributed by atoms with Crippen molar-refractivity contribution in [1.82, 2.24) is 5.32 Å². The lowest BCUT2D eigenvalue weighted by Gasteiger charge is -2.40. The summed E-state index contributed by atoms with van der Waals surface area (Å²) >= 11 is 0. The molecule has 0 aromatic heterocycles. The highest BCUT2D eigenvalue weighted by Crippen LogP contribution is 2.23. The summed E-state index contributed by atoms with van der Waals surface area (Å²) in [5.74, 6) is -0.141. The number of amides is 1. The van der Waals surface area contributed by atoms with Crippen molar-refractivity contribution in [1.29, 1.82) is 0 Å². The molecular weight excluding hydrogens is 863 g/mol. The number of allylic oxidation sites excluding steroid dienone is 2. The maximum absolute atomic E-state index is 13.1.